The fourth-order valence-corrected chi connectivity index (χ4v) is 3.78. The molecule has 2 fully saturated rings. The molecule has 1 aromatic carbocycles. The van der Waals surface area contributed by atoms with Crippen LogP contribution in [0.5, 0.6) is 0 Å². The molecule has 2 saturated heterocycles. The summed E-state index contributed by atoms with van der Waals surface area (Å²) in [5.74, 6) is 0. The molecule has 3 rings (SSSR count). The average molecular weight is 273 g/mol. The van der Waals surface area contributed by atoms with Gasteiger partial charge in [0.2, 0.25) is 0 Å². The quantitative estimate of drug-likeness (QED) is 0.886. The molecule has 3 nitrogen and oxygen atoms in total. The van der Waals surface area contributed by atoms with Crippen LogP contribution in [0, 0.1) is 0 Å². The van der Waals surface area contributed by atoms with Gasteiger partial charge >= 0.3 is 0 Å². The number of likely N-dealkylation sites (tertiary alicyclic amines) is 2. The van der Waals surface area contributed by atoms with E-state index < -0.39 is 0 Å². The van der Waals surface area contributed by atoms with Crippen LogP contribution < -0.4 is 5.32 Å². The molecule has 0 aliphatic carbocycles. The molecule has 2 unspecified atom stereocenters. The van der Waals surface area contributed by atoms with Crippen LogP contribution in [-0.2, 0) is 0 Å². The zero-order valence-corrected chi connectivity index (χ0v) is 12.6. The maximum Gasteiger partial charge on any atom is 0.0473 e. The highest BCUT2D eigenvalue weighted by Crippen LogP contribution is 2.28. The van der Waals surface area contributed by atoms with Crippen molar-refractivity contribution in [3.8, 4) is 0 Å². The van der Waals surface area contributed by atoms with Crippen LogP contribution in [0.2, 0.25) is 0 Å². The number of hydrogen-bond donors (Lipinski definition) is 1. The predicted molar refractivity (Wildman–Crippen MR) is 83.9 cm³/mol. The second-order valence-electron chi connectivity index (χ2n) is 6.16. The van der Waals surface area contributed by atoms with Crippen LogP contribution in [-0.4, -0.2) is 55.6 Å². The first-order valence-corrected chi connectivity index (χ1v) is 8.06. The summed E-state index contributed by atoms with van der Waals surface area (Å²) in [7, 11) is 2.06. The zero-order valence-electron chi connectivity index (χ0n) is 12.6. The number of hydrogen-bond acceptors (Lipinski definition) is 3. The molecule has 2 heterocycles. The minimum Gasteiger partial charge on any atom is -0.318 e. The van der Waals surface area contributed by atoms with E-state index >= 15 is 0 Å². The molecule has 0 aromatic heterocycles. The van der Waals surface area contributed by atoms with Crippen LogP contribution in [0.3, 0.4) is 0 Å². The lowest BCUT2D eigenvalue weighted by Gasteiger charge is -2.29. The van der Waals surface area contributed by atoms with E-state index in [1.54, 1.807) is 0 Å². The third-order valence-corrected chi connectivity index (χ3v) is 4.87. The monoisotopic (exact) mass is 273 g/mol. The summed E-state index contributed by atoms with van der Waals surface area (Å²) in [4.78, 5) is 5.39. The van der Waals surface area contributed by atoms with Crippen LogP contribution in [0.1, 0.15) is 30.9 Å². The standard InChI is InChI=1S/C17H27N3/c1-18-13-17(15-7-3-2-4-8-15)20-12-9-16(14-20)19-10-5-6-11-19/h2-4,7-8,16-18H,5-6,9-14H2,1H3. The second kappa shape index (κ2) is 6.70. The first kappa shape index (κ1) is 14.1. The van der Waals surface area contributed by atoms with Gasteiger partial charge in [-0.2, -0.15) is 0 Å². The summed E-state index contributed by atoms with van der Waals surface area (Å²) in [5, 5.41) is 3.37. The lowest BCUT2D eigenvalue weighted by molar-refractivity contribution is 0.198. The van der Waals surface area contributed by atoms with Gasteiger partial charge in [-0.05, 0) is 45.0 Å². The average Bonchev–Trinajstić information content (AvgIpc) is 3.16. The Morgan fingerprint density at radius 3 is 2.60 bits per heavy atom. The molecule has 2 aliphatic heterocycles. The fourth-order valence-electron chi connectivity index (χ4n) is 3.78. The van der Waals surface area contributed by atoms with Crippen molar-refractivity contribution in [3.63, 3.8) is 0 Å². The topological polar surface area (TPSA) is 18.5 Å². The van der Waals surface area contributed by atoms with Crippen molar-refractivity contribution in [2.24, 2.45) is 0 Å². The van der Waals surface area contributed by atoms with Gasteiger partial charge < -0.3 is 5.32 Å². The Morgan fingerprint density at radius 1 is 1.15 bits per heavy atom. The summed E-state index contributed by atoms with van der Waals surface area (Å²) >= 11 is 0. The first-order valence-electron chi connectivity index (χ1n) is 8.06. The zero-order chi connectivity index (χ0) is 13.8. The van der Waals surface area contributed by atoms with E-state index in [2.05, 4.69) is 52.5 Å². The van der Waals surface area contributed by atoms with E-state index in [0.717, 1.165) is 12.6 Å². The van der Waals surface area contributed by atoms with E-state index in [4.69, 9.17) is 0 Å². The van der Waals surface area contributed by atoms with Crippen molar-refractivity contribution in [2.75, 3.05) is 39.8 Å². The Labute approximate surface area is 123 Å². The van der Waals surface area contributed by atoms with E-state index in [-0.39, 0.29) is 0 Å². The summed E-state index contributed by atoms with van der Waals surface area (Å²) in [6, 6.07) is 12.3. The van der Waals surface area contributed by atoms with Crippen LogP contribution in [0.15, 0.2) is 30.3 Å². The summed E-state index contributed by atoms with van der Waals surface area (Å²) < 4.78 is 0. The molecule has 110 valence electrons. The Kier molecular flexibility index (Phi) is 4.71. The van der Waals surface area contributed by atoms with Gasteiger partial charge in [0, 0.05) is 31.7 Å². The fraction of sp³-hybridized carbons (Fsp3) is 0.647. The number of rotatable bonds is 5. The molecule has 0 saturated carbocycles. The number of benzene rings is 1. The summed E-state index contributed by atoms with van der Waals surface area (Å²) in [6.07, 6.45) is 4.14. The molecule has 20 heavy (non-hydrogen) atoms. The van der Waals surface area contributed by atoms with Crippen molar-refractivity contribution in [1.82, 2.24) is 15.1 Å². The molecule has 0 radical (unpaired) electrons. The van der Waals surface area contributed by atoms with Crippen molar-refractivity contribution in [1.29, 1.82) is 0 Å². The molecular formula is C17H27N3. The maximum absolute atomic E-state index is 3.37. The predicted octanol–water partition coefficient (Wildman–Crippen LogP) is 2.12. The van der Waals surface area contributed by atoms with E-state index in [0.29, 0.717) is 6.04 Å². The van der Waals surface area contributed by atoms with Crippen molar-refractivity contribution >= 4 is 0 Å². The highest BCUT2D eigenvalue weighted by atomic mass is 15.3. The van der Waals surface area contributed by atoms with Crippen LogP contribution in [0.4, 0.5) is 0 Å². The van der Waals surface area contributed by atoms with E-state index in [1.165, 1.54) is 51.0 Å². The third kappa shape index (κ3) is 3.05. The number of nitrogens with zero attached hydrogens (tertiary/aromatic N) is 2. The van der Waals surface area contributed by atoms with Gasteiger partial charge in [0.25, 0.3) is 0 Å². The van der Waals surface area contributed by atoms with Crippen molar-refractivity contribution in [2.45, 2.75) is 31.3 Å². The van der Waals surface area contributed by atoms with Gasteiger partial charge in [-0.3, -0.25) is 9.80 Å². The summed E-state index contributed by atoms with van der Waals surface area (Å²) in [6.45, 7) is 6.15. The van der Waals surface area contributed by atoms with Gasteiger partial charge in [-0.25, -0.2) is 0 Å². The Bertz CT molecular complexity index is 400. The molecule has 1 N–H and O–H groups in total. The van der Waals surface area contributed by atoms with Crippen LogP contribution >= 0.6 is 0 Å². The van der Waals surface area contributed by atoms with Gasteiger partial charge in [-0.15, -0.1) is 0 Å². The highest BCUT2D eigenvalue weighted by molar-refractivity contribution is 5.20. The molecule has 0 amide bonds. The van der Waals surface area contributed by atoms with Gasteiger partial charge in [0.1, 0.15) is 0 Å². The minimum atomic E-state index is 0.522. The smallest absolute Gasteiger partial charge is 0.0473 e. The Morgan fingerprint density at radius 2 is 1.90 bits per heavy atom. The normalized spacial score (nSPS) is 26.1. The van der Waals surface area contributed by atoms with Crippen LogP contribution in [0.25, 0.3) is 0 Å². The highest BCUT2D eigenvalue weighted by Gasteiger charge is 2.32. The lowest BCUT2D eigenvalue weighted by atomic mass is 10.1. The first-order chi connectivity index (χ1) is 9.88. The van der Waals surface area contributed by atoms with Gasteiger partial charge in [0.15, 0.2) is 0 Å². The molecule has 2 aliphatic rings. The molecule has 0 spiro atoms. The maximum atomic E-state index is 3.37. The summed E-state index contributed by atoms with van der Waals surface area (Å²) in [5.41, 5.74) is 1.45. The number of nitrogens with one attached hydrogen (secondary N) is 1. The van der Waals surface area contributed by atoms with Gasteiger partial charge in [0.05, 0.1) is 0 Å². The Balaban J connectivity index is 1.66. The molecule has 2 atom stereocenters. The van der Waals surface area contributed by atoms with Crippen molar-refractivity contribution in [3.05, 3.63) is 35.9 Å². The Hall–Kier alpha value is -0.900. The SMILES string of the molecule is CNCC(c1ccccc1)N1CCC(N2CCCC2)C1. The molecule has 3 heteroatoms. The largest absolute Gasteiger partial charge is 0.318 e. The number of likely N-dealkylation sites (N-methyl/N-ethyl adjacent to an activating group) is 1. The molecular weight excluding hydrogens is 246 g/mol. The second-order valence-corrected chi connectivity index (χ2v) is 6.16. The molecule has 0 bridgehead atoms. The van der Waals surface area contributed by atoms with Crippen molar-refractivity contribution < 1.29 is 0 Å². The molecule has 1 aromatic rings. The minimum absolute atomic E-state index is 0.522. The lowest BCUT2D eigenvalue weighted by Crippen LogP contribution is -2.38. The van der Waals surface area contributed by atoms with Gasteiger partial charge in [-0.1, -0.05) is 30.3 Å². The van der Waals surface area contributed by atoms with E-state index in [9.17, 15) is 0 Å². The van der Waals surface area contributed by atoms with E-state index in [1.807, 2.05) is 0 Å². The third-order valence-electron chi connectivity index (χ3n) is 4.87.